The number of benzene rings is 4. The van der Waals surface area contributed by atoms with E-state index in [9.17, 15) is 10.2 Å². The summed E-state index contributed by atoms with van der Waals surface area (Å²) in [7, 11) is 0. The van der Waals surface area contributed by atoms with Gasteiger partial charge in [-0.2, -0.15) is 0 Å². The molecule has 0 spiro atoms. The van der Waals surface area contributed by atoms with Gasteiger partial charge in [0.25, 0.3) is 0 Å². The smallest absolute Gasteiger partial charge is 0.142 e. The predicted molar refractivity (Wildman–Crippen MR) is 125 cm³/mol. The van der Waals surface area contributed by atoms with Crippen LogP contribution < -0.4 is 20.9 Å². The molecule has 4 aromatic rings. The van der Waals surface area contributed by atoms with Crippen molar-refractivity contribution in [3.8, 4) is 59.2 Å². The Morgan fingerprint density at radius 1 is 0.625 bits per heavy atom. The Bertz CT molecular complexity index is 1330. The van der Waals surface area contributed by atoms with Gasteiger partial charge < -0.3 is 31.2 Å². The van der Waals surface area contributed by atoms with Crippen molar-refractivity contribution in [2.75, 3.05) is 11.5 Å². The van der Waals surface area contributed by atoms with Gasteiger partial charge in [0.15, 0.2) is 0 Å². The quantitative estimate of drug-likeness (QED) is 0.210. The highest BCUT2D eigenvalue weighted by Crippen LogP contribution is 2.40. The van der Waals surface area contributed by atoms with Crippen LogP contribution in [-0.4, -0.2) is 10.2 Å². The monoisotopic (exact) mass is 422 g/mol. The number of hydrogen-bond acceptors (Lipinski definition) is 6. The first-order chi connectivity index (χ1) is 15.4. The summed E-state index contributed by atoms with van der Waals surface area (Å²) in [5.74, 6) is 6.57. The van der Waals surface area contributed by atoms with Gasteiger partial charge in [-0.1, -0.05) is 11.8 Å². The van der Waals surface area contributed by atoms with Gasteiger partial charge in [0.2, 0.25) is 0 Å². The Morgan fingerprint density at radius 2 is 1.03 bits per heavy atom. The van der Waals surface area contributed by atoms with Gasteiger partial charge in [0.1, 0.15) is 34.5 Å². The summed E-state index contributed by atoms with van der Waals surface area (Å²) >= 11 is 0. The highest BCUT2D eigenvalue weighted by molar-refractivity contribution is 5.96. The van der Waals surface area contributed by atoms with Gasteiger partial charge >= 0.3 is 0 Å². The van der Waals surface area contributed by atoms with E-state index in [4.69, 9.17) is 33.8 Å². The van der Waals surface area contributed by atoms with Gasteiger partial charge in [-0.3, -0.25) is 0 Å². The summed E-state index contributed by atoms with van der Waals surface area (Å²) in [6.45, 7) is 0. The van der Waals surface area contributed by atoms with E-state index in [1.54, 1.807) is 36.4 Å². The van der Waals surface area contributed by atoms with Crippen LogP contribution in [0, 0.1) is 24.7 Å². The lowest BCUT2D eigenvalue weighted by Crippen LogP contribution is -1.94. The van der Waals surface area contributed by atoms with E-state index in [2.05, 4.69) is 11.8 Å². The van der Waals surface area contributed by atoms with Crippen molar-refractivity contribution in [3.05, 3.63) is 71.8 Å². The molecule has 6 nitrogen and oxygen atoms in total. The lowest BCUT2D eigenvalue weighted by atomic mass is 10.0. The molecule has 156 valence electrons. The molecule has 0 radical (unpaired) electrons. The average Bonchev–Trinajstić information content (AvgIpc) is 2.78. The molecular formula is C26H18N2O4. The lowest BCUT2D eigenvalue weighted by molar-refractivity contribution is 0.456. The molecule has 4 rings (SSSR count). The Labute approximate surface area is 184 Å². The zero-order chi connectivity index (χ0) is 22.8. The third-order valence-electron chi connectivity index (χ3n) is 4.79. The van der Waals surface area contributed by atoms with Crippen LogP contribution in [0.15, 0.2) is 60.7 Å². The van der Waals surface area contributed by atoms with Crippen molar-refractivity contribution in [3.63, 3.8) is 0 Å². The number of fused-ring (bicyclic) bond motifs is 1. The molecule has 0 saturated heterocycles. The largest absolute Gasteiger partial charge is 0.506 e. The third-order valence-corrected chi connectivity index (χ3v) is 4.79. The predicted octanol–water partition coefficient (Wildman–Crippen LogP) is 4.96. The number of anilines is 2. The van der Waals surface area contributed by atoms with Gasteiger partial charge in [0, 0.05) is 34.0 Å². The maximum atomic E-state index is 9.91. The summed E-state index contributed by atoms with van der Waals surface area (Å²) in [5, 5.41) is 21.1. The summed E-state index contributed by atoms with van der Waals surface area (Å²) in [6.07, 6.45) is 11.3. The third kappa shape index (κ3) is 3.89. The molecular weight excluding hydrogens is 404 g/mol. The maximum absolute atomic E-state index is 9.91. The maximum Gasteiger partial charge on any atom is 0.142 e. The van der Waals surface area contributed by atoms with Crippen LogP contribution in [0.5, 0.6) is 34.5 Å². The molecule has 0 fully saturated rings. The Morgan fingerprint density at radius 3 is 1.38 bits per heavy atom. The van der Waals surface area contributed by atoms with E-state index in [1.807, 2.05) is 0 Å². The normalized spacial score (nSPS) is 10.3. The fourth-order valence-corrected chi connectivity index (χ4v) is 3.16. The van der Waals surface area contributed by atoms with Crippen LogP contribution in [0.2, 0.25) is 0 Å². The second-order valence-corrected chi connectivity index (χ2v) is 6.98. The molecule has 6 heteroatoms. The lowest BCUT2D eigenvalue weighted by Gasteiger charge is -2.15. The van der Waals surface area contributed by atoms with Crippen LogP contribution in [0.25, 0.3) is 10.8 Å². The second-order valence-electron chi connectivity index (χ2n) is 6.98. The molecule has 32 heavy (non-hydrogen) atoms. The number of hydrogen-bond donors (Lipinski definition) is 4. The van der Waals surface area contributed by atoms with Crippen molar-refractivity contribution in [2.45, 2.75) is 0 Å². The number of phenolic OH excluding ortho intramolecular Hbond substituents is 2. The van der Waals surface area contributed by atoms with Gasteiger partial charge in [-0.05, 0) is 48.5 Å². The number of terminal acetylenes is 2. The molecule has 0 atom stereocenters. The Kier molecular flexibility index (Phi) is 5.12. The van der Waals surface area contributed by atoms with E-state index in [1.165, 1.54) is 24.3 Å². The van der Waals surface area contributed by atoms with Gasteiger partial charge in [-0.25, -0.2) is 0 Å². The zero-order valence-corrected chi connectivity index (χ0v) is 16.8. The Balaban J connectivity index is 1.88. The average molecular weight is 422 g/mol. The molecule has 0 bridgehead atoms. The van der Waals surface area contributed by atoms with E-state index in [0.717, 1.165) is 0 Å². The second kappa shape index (κ2) is 8.06. The molecule has 0 aliphatic heterocycles. The molecule has 0 amide bonds. The first-order valence-electron chi connectivity index (χ1n) is 9.45. The standard InChI is InChI=1S/C26H18N2O4/c1-3-15-9-19-20(25(11-15)31-17-5-7-21(27)23(29)13-17)10-16(4-2)12-26(19)32-18-6-8-22(28)24(30)14-18/h1-2,5-14,29-30H,27-28H2. The highest BCUT2D eigenvalue weighted by Gasteiger charge is 2.14. The van der Waals surface area contributed by atoms with Crippen molar-refractivity contribution in [1.82, 2.24) is 0 Å². The van der Waals surface area contributed by atoms with Crippen LogP contribution >= 0.6 is 0 Å². The minimum atomic E-state index is -0.101. The molecule has 4 aromatic carbocycles. The van der Waals surface area contributed by atoms with Crippen molar-refractivity contribution in [2.24, 2.45) is 0 Å². The van der Waals surface area contributed by atoms with E-state index in [-0.39, 0.29) is 22.9 Å². The fourth-order valence-electron chi connectivity index (χ4n) is 3.16. The van der Waals surface area contributed by atoms with Crippen molar-refractivity contribution in [1.29, 1.82) is 0 Å². The van der Waals surface area contributed by atoms with E-state index >= 15 is 0 Å². The minimum Gasteiger partial charge on any atom is -0.506 e. The van der Waals surface area contributed by atoms with E-state index < -0.39 is 0 Å². The SMILES string of the molecule is C#Cc1cc(Oc2ccc(N)c(O)c2)c2cc(C#C)cc(Oc3ccc(N)c(O)c3)c2c1. The van der Waals surface area contributed by atoms with Crippen LogP contribution in [0.3, 0.4) is 0 Å². The zero-order valence-electron chi connectivity index (χ0n) is 16.8. The number of nitrogen functional groups attached to an aromatic ring is 2. The highest BCUT2D eigenvalue weighted by atomic mass is 16.5. The topological polar surface area (TPSA) is 111 Å². The summed E-state index contributed by atoms with van der Waals surface area (Å²) in [6, 6.07) is 16.1. The number of nitrogens with two attached hydrogens (primary N) is 2. The molecule has 0 aliphatic rings. The van der Waals surface area contributed by atoms with Crippen molar-refractivity contribution >= 4 is 22.1 Å². The molecule has 0 aromatic heterocycles. The first-order valence-corrected chi connectivity index (χ1v) is 9.45. The number of rotatable bonds is 4. The number of ether oxygens (including phenoxy) is 2. The van der Waals surface area contributed by atoms with Crippen LogP contribution in [-0.2, 0) is 0 Å². The summed E-state index contributed by atoms with van der Waals surface area (Å²) in [5.41, 5.74) is 12.9. The van der Waals surface area contributed by atoms with Crippen molar-refractivity contribution < 1.29 is 19.7 Å². The summed E-state index contributed by atoms with van der Waals surface area (Å²) in [4.78, 5) is 0. The number of phenols is 2. The minimum absolute atomic E-state index is 0.101. The Hall–Kier alpha value is -4.94. The molecule has 0 aliphatic carbocycles. The van der Waals surface area contributed by atoms with Crippen LogP contribution in [0.4, 0.5) is 11.4 Å². The van der Waals surface area contributed by atoms with Crippen LogP contribution in [0.1, 0.15) is 11.1 Å². The molecule has 0 saturated carbocycles. The first kappa shape index (κ1) is 20.3. The number of aromatic hydroxyl groups is 2. The summed E-state index contributed by atoms with van der Waals surface area (Å²) < 4.78 is 12.0. The molecule has 6 N–H and O–H groups in total. The fraction of sp³-hybridized carbons (Fsp3) is 0. The van der Waals surface area contributed by atoms with Gasteiger partial charge in [-0.15, -0.1) is 12.8 Å². The molecule has 0 heterocycles. The van der Waals surface area contributed by atoms with E-state index in [0.29, 0.717) is 44.9 Å². The van der Waals surface area contributed by atoms with Gasteiger partial charge in [0.05, 0.1) is 11.4 Å². The molecule has 0 unspecified atom stereocenters.